The highest BCUT2D eigenvalue weighted by molar-refractivity contribution is 5.94. The molecule has 2 heterocycles. The molecule has 1 aromatic rings. The van der Waals surface area contributed by atoms with E-state index in [2.05, 4.69) is 15.2 Å². The summed E-state index contributed by atoms with van der Waals surface area (Å²) >= 11 is 0. The number of ether oxygens (including phenoxy) is 1. The lowest BCUT2D eigenvalue weighted by atomic mass is 10.1. The summed E-state index contributed by atoms with van der Waals surface area (Å²) in [6, 6.07) is 3.71. The minimum atomic E-state index is -0.236. The Morgan fingerprint density at radius 3 is 2.53 bits per heavy atom. The van der Waals surface area contributed by atoms with Crippen LogP contribution in [-0.2, 0) is 4.74 Å². The van der Waals surface area contributed by atoms with E-state index >= 15 is 0 Å². The van der Waals surface area contributed by atoms with Gasteiger partial charge in [-0.25, -0.2) is 4.98 Å². The number of nitrogens with one attached hydrogen (secondary N) is 1. The maximum Gasteiger partial charge on any atom is 0.253 e. The topological polar surface area (TPSA) is 54.5 Å². The van der Waals surface area contributed by atoms with Gasteiger partial charge in [-0.05, 0) is 32.9 Å². The molecule has 1 aliphatic heterocycles. The fourth-order valence-corrected chi connectivity index (χ4v) is 1.91. The standard InChI is InChI=1S/C14H21N3O2/c1-14(2,3)16-13(18)11-4-5-12(15-10-11)17-6-8-19-9-7-17/h4-5,10H,6-9H2,1-3H3,(H,16,18). The predicted molar refractivity (Wildman–Crippen MR) is 74.5 cm³/mol. The number of amides is 1. The van der Waals surface area contributed by atoms with Gasteiger partial charge >= 0.3 is 0 Å². The smallest absolute Gasteiger partial charge is 0.253 e. The molecule has 1 N–H and O–H groups in total. The maximum absolute atomic E-state index is 12.0. The molecule has 0 spiro atoms. The summed E-state index contributed by atoms with van der Waals surface area (Å²) in [5, 5.41) is 2.92. The van der Waals surface area contributed by atoms with Crippen LogP contribution in [0.15, 0.2) is 18.3 Å². The molecule has 0 radical (unpaired) electrons. The van der Waals surface area contributed by atoms with Crippen LogP contribution in [-0.4, -0.2) is 42.7 Å². The van der Waals surface area contributed by atoms with Gasteiger partial charge < -0.3 is 15.0 Å². The monoisotopic (exact) mass is 263 g/mol. The maximum atomic E-state index is 12.0. The van der Waals surface area contributed by atoms with E-state index in [1.54, 1.807) is 6.20 Å². The van der Waals surface area contributed by atoms with E-state index in [1.165, 1.54) is 0 Å². The second kappa shape index (κ2) is 5.57. The van der Waals surface area contributed by atoms with E-state index in [1.807, 2.05) is 32.9 Å². The van der Waals surface area contributed by atoms with Crippen LogP contribution in [0.3, 0.4) is 0 Å². The van der Waals surface area contributed by atoms with E-state index in [-0.39, 0.29) is 11.4 Å². The van der Waals surface area contributed by atoms with Crippen molar-refractivity contribution in [2.24, 2.45) is 0 Å². The third-order valence-electron chi connectivity index (χ3n) is 2.83. The average molecular weight is 263 g/mol. The van der Waals surface area contributed by atoms with Crippen molar-refractivity contribution in [1.29, 1.82) is 0 Å². The van der Waals surface area contributed by atoms with Crippen LogP contribution in [0, 0.1) is 0 Å². The molecule has 1 fully saturated rings. The molecule has 19 heavy (non-hydrogen) atoms. The van der Waals surface area contributed by atoms with E-state index in [4.69, 9.17) is 4.74 Å². The number of carbonyl (C=O) groups excluding carboxylic acids is 1. The molecule has 0 unspecified atom stereocenters. The minimum Gasteiger partial charge on any atom is -0.378 e. The summed E-state index contributed by atoms with van der Waals surface area (Å²) < 4.78 is 5.30. The Hall–Kier alpha value is -1.62. The van der Waals surface area contributed by atoms with Gasteiger partial charge in [0, 0.05) is 24.8 Å². The van der Waals surface area contributed by atoms with Crippen LogP contribution < -0.4 is 10.2 Å². The summed E-state index contributed by atoms with van der Waals surface area (Å²) in [6.45, 7) is 9.03. The summed E-state index contributed by atoms with van der Waals surface area (Å²) in [6.07, 6.45) is 1.63. The molecule has 5 heteroatoms. The number of nitrogens with zero attached hydrogens (tertiary/aromatic N) is 2. The van der Waals surface area contributed by atoms with Crippen molar-refractivity contribution in [2.75, 3.05) is 31.2 Å². The highest BCUT2D eigenvalue weighted by Gasteiger charge is 2.17. The molecule has 0 aliphatic carbocycles. The third-order valence-corrected chi connectivity index (χ3v) is 2.83. The molecule has 1 aliphatic rings. The number of anilines is 1. The van der Waals surface area contributed by atoms with Crippen LogP contribution in [0.5, 0.6) is 0 Å². The van der Waals surface area contributed by atoms with Crippen molar-refractivity contribution < 1.29 is 9.53 Å². The fourth-order valence-electron chi connectivity index (χ4n) is 1.91. The Kier molecular flexibility index (Phi) is 4.04. The van der Waals surface area contributed by atoms with Crippen LogP contribution in [0.25, 0.3) is 0 Å². The molecule has 5 nitrogen and oxygen atoms in total. The largest absolute Gasteiger partial charge is 0.378 e. The number of carbonyl (C=O) groups is 1. The summed E-state index contributed by atoms with van der Waals surface area (Å²) in [5.41, 5.74) is 0.354. The SMILES string of the molecule is CC(C)(C)NC(=O)c1ccc(N2CCOCC2)nc1. The zero-order valence-electron chi connectivity index (χ0n) is 11.8. The van der Waals surface area contributed by atoms with Crippen LogP contribution in [0.2, 0.25) is 0 Å². The van der Waals surface area contributed by atoms with Crippen molar-refractivity contribution >= 4 is 11.7 Å². The molecular formula is C14H21N3O2. The summed E-state index contributed by atoms with van der Waals surface area (Å²) in [4.78, 5) is 18.5. The molecule has 0 atom stereocenters. The molecule has 1 saturated heterocycles. The van der Waals surface area contributed by atoms with Crippen molar-refractivity contribution in [3.63, 3.8) is 0 Å². The number of hydrogen-bond acceptors (Lipinski definition) is 4. The van der Waals surface area contributed by atoms with E-state index in [9.17, 15) is 4.79 Å². The van der Waals surface area contributed by atoms with Crippen LogP contribution in [0.4, 0.5) is 5.82 Å². The summed E-state index contributed by atoms with van der Waals surface area (Å²) in [5.74, 6) is 0.809. The second-order valence-electron chi connectivity index (χ2n) is 5.71. The van der Waals surface area contributed by atoms with Gasteiger partial charge in [0.05, 0.1) is 18.8 Å². The molecule has 0 saturated carbocycles. The fraction of sp³-hybridized carbons (Fsp3) is 0.571. The average Bonchev–Trinajstić information content (AvgIpc) is 2.38. The lowest BCUT2D eigenvalue weighted by Gasteiger charge is -2.27. The molecule has 1 aromatic heterocycles. The van der Waals surface area contributed by atoms with E-state index in [0.717, 1.165) is 32.1 Å². The Balaban J connectivity index is 2.03. The Labute approximate surface area is 114 Å². The van der Waals surface area contributed by atoms with Gasteiger partial charge in [-0.2, -0.15) is 0 Å². The van der Waals surface area contributed by atoms with Crippen LogP contribution >= 0.6 is 0 Å². The van der Waals surface area contributed by atoms with Gasteiger partial charge in [-0.1, -0.05) is 0 Å². The first kappa shape index (κ1) is 13.8. The lowest BCUT2D eigenvalue weighted by Crippen LogP contribution is -2.40. The first-order valence-electron chi connectivity index (χ1n) is 6.57. The first-order chi connectivity index (χ1) is 8.96. The van der Waals surface area contributed by atoms with Gasteiger partial charge in [-0.15, -0.1) is 0 Å². The van der Waals surface area contributed by atoms with Gasteiger partial charge in [0.2, 0.25) is 0 Å². The zero-order chi connectivity index (χ0) is 13.9. The van der Waals surface area contributed by atoms with Crippen molar-refractivity contribution in [2.45, 2.75) is 26.3 Å². The van der Waals surface area contributed by atoms with Gasteiger partial charge in [0.25, 0.3) is 5.91 Å². The molecule has 2 rings (SSSR count). The number of aromatic nitrogens is 1. The van der Waals surface area contributed by atoms with E-state index < -0.39 is 0 Å². The molecule has 1 amide bonds. The zero-order valence-corrected chi connectivity index (χ0v) is 11.8. The highest BCUT2D eigenvalue weighted by atomic mass is 16.5. The molecule has 0 aromatic carbocycles. The second-order valence-corrected chi connectivity index (χ2v) is 5.71. The third kappa shape index (κ3) is 3.92. The van der Waals surface area contributed by atoms with Gasteiger partial charge in [0.1, 0.15) is 5.82 Å². The highest BCUT2D eigenvalue weighted by Crippen LogP contribution is 2.13. The Morgan fingerprint density at radius 2 is 2.00 bits per heavy atom. The minimum absolute atomic E-state index is 0.0893. The molecule has 0 bridgehead atoms. The van der Waals surface area contributed by atoms with E-state index in [0.29, 0.717) is 5.56 Å². The number of rotatable bonds is 2. The quantitative estimate of drug-likeness (QED) is 0.877. The predicted octanol–water partition coefficient (Wildman–Crippen LogP) is 1.45. The Morgan fingerprint density at radius 1 is 1.32 bits per heavy atom. The molecular weight excluding hydrogens is 242 g/mol. The van der Waals surface area contributed by atoms with Gasteiger partial charge in [0.15, 0.2) is 0 Å². The van der Waals surface area contributed by atoms with Crippen molar-refractivity contribution in [3.05, 3.63) is 23.9 Å². The van der Waals surface area contributed by atoms with Crippen molar-refractivity contribution in [3.8, 4) is 0 Å². The van der Waals surface area contributed by atoms with Crippen LogP contribution in [0.1, 0.15) is 31.1 Å². The number of hydrogen-bond donors (Lipinski definition) is 1. The summed E-state index contributed by atoms with van der Waals surface area (Å²) in [7, 11) is 0. The Bertz CT molecular complexity index is 431. The number of pyridine rings is 1. The first-order valence-corrected chi connectivity index (χ1v) is 6.57. The van der Waals surface area contributed by atoms with Gasteiger partial charge in [-0.3, -0.25) is 4.79 Å². The molecule has 104 valence electrons. The van der Waals surface area contributed by atoms with Crippen molar-refractivity contribution in [1.82, 2.24) is 10.3 Å². The lowest BCUT2D eigenvalue weighted by molar-refractivity contribution is 0.0919. The number of morpholine rings is 1. The normalized spacial score (nSPS) is 16.3.